The molecule has 0 aromatic heterocycles. The van der Waals surface area contributed by atoms with Crippen LogP contribution in [0.25, 0.3) is 0 Å². The maximum atomic E-state index is 13.0. The minimum absolute atomic E-state index is 0.0264. The third kappa shape index (κ3) is 3.77. The van der Waals surface area contributed by atoms with Gasteiger partial charge in [-0.15, -0.1) is 0 Å². The second kappa shape index (κ2) is 4.45. The van der Waals surface area contributed by atoms with Crippen LogP contribution in [-0.2, 0) is 15.5 Å². The van der Waals surface area contributed by atoms with Crippen molar-refractivity contribution in [2.24, 2.45) is 0 Å². The molecule has 2 nitrogen and oxygen atoms in total. The molecule has 0 aliphatic heterocycles. The minimum atomic E-state index is -3.82. The maximum absolute atomic E-state index is 13.0. The Hall–Kier alpha value is -1.05. The second-order valence-corrected chi connectivity index (χ2v) is 4.78. The molecule has 1 rings (SSSR count). The number of rotatable bonds is 1. The van der Waals surface area contributed by atoms with Crippen LogP contribution in [0.5, 0.6) is 0 Å². The van der Waals surface area contributed by atoms with Crippen LogP contribution in [0.3, 0.4) is 0 Å². The summed E-state index contributed by atoms with van der Waals surface area (Å²) in [5.74, 6) is 1.86. The molecule has 0 aliphatic carbocycles. The molecular formula is C9H6ClFO2S. The van der Waals surface area contributed by atoms with Gasteiger partial charge in [0.1, 0.15) is 5.82 Å². The van der Waals surface area contributed by atoms with Gasteiger partial charge in [-0.1, -0.05) is 24.1 Å². The second-order valence-electron chi connectivity index (χ2n) is 2.48. The first-order valence-corrected chi connectivity index (χ1v) is 5.97. The molecule has 74 valence electrons. The van der Waals surface area contributed by atoms with Gasteiger partial charge in [0.2, 0.25) is 0 Å². The van der Waals surface area contributed by atoms with Crippen molar-refractivity contribution >= 4 is 19.7 Å². The predicted molar refractivity (Wildman–Crippen MR) is 52.7 cm³/mol. The molecule has 0 fully saturated rings. The molecule has 14 heavy (non-hydrogen) atoms. The number of hydrogen-bond donors (Lipinski definition) is 0. The van der Waals surface area contributed by atoms with E-state index in [0.717, 1.165) is 0 Å². The highest BCUT2D eigenvalue weighted by Crippen LogP contribution is 2.06. The lowest BCUT2D eigenvalue weighted by molar-refractivity contribution is 0.615. The summed E-state index contributed by atoms with van der Waals surface area (Å²) in [5.41, 5.74) is 0.348. The lowest BCUT2D eigenvalue weighted by atomic mass is 10.1. The number of hydrogen-bond acceptors (Lipinski definition) is 2. The highest BCUT2D eigenvalue weighted by molar-refractivity contribution is 8.17. The van der Waals surface area contributed by atoms with E-state index in [1.165, 1.54) is 12.1 Å². The van der Waals surface area contributed by atoms with Gasteiger partial charge in [-0.2, -0.15) is 8.42 Å². The molecule has 0 unspecified atom stereocenters. The van der Waals surface area contributed by atoms with E-state index in [1.54, 1.807) is 12.1 Å². The average Bonchev–Trinajstić information content (AvgIpc) is 2.06. The van der Waals surface area contributed by atoms with E-state index < -0.39 is 14.9 Å². The Morgan fingerprint density at radius 2 is 2.00 bits per heavy atom. The average molecular weight is 233 g/mol. The molecule has 1 aromatic carbocycles. The fourth-order valence-corrected chi connectivity index (χ4v) is 1.27. The molecule has 0 radical (unpaired) electrons. The lowest BCUT2D eigenvalue weighted by Gasteiger charge is -1.94. The number of benzene rings is 1. The highest BCUT2D eigenvalue weighted by Gasteiger charge is 1.99. The van der Waals surface area contributed by atoms with Crippen molar-refractivity contribution in [1.82, 2.24) is 0 Å². The summed E-state index contributed by atoms with van der Waals surface area (Å²) < 4.78 is 33.8. The zero-order chi connectivity index (χ0) is 10.6. The fraction of sp³-hybridized carbons (Fsp3) is 0.111. The van der Waals surface area contributed by atoms with Crippen LogP contribution in [0.2, 0.25) is 0 Å². The summed E-state index contributed by atoms with van der Waals surface area (Å²) in [6, 6.07) is 6.01. The Morgan fingerprint density at radius 1 is 1.36 bits per heavy atom. The molecule has 0 spiro atoms. The SMILES string of the molecule is O=S(=O)(Cl)C#CCc1ccccc1F. The van der Waals surface area contributed by atoms with Crippen LogP contribution >= 0.6 is 10.7 Å². The molecule has 0 heterocycles. The molecule has 0 amide bonds. The Bertz CT molecular complexity index is 485. The summed E-state index contributed by atoms with van der Waals surface area (Å²) in [7, 11) is 1.03. The predicted octanol–water partition coefficient (Wildman–Crippen LogP) is 1.90. The monoisotopic (exact) mass is 232 g/mol. The smallest absolute Gasteiger partial charge is 0.207 e. The standard InChI is InChI=1S/C9H6ClFO2S/c10-14(12,13)7-3-5-8-4-1-2-6-9(8)11/h1-2,4,6H,5H2. The van der Waals surface area contributed by atoms with Gasteiger partial charge in [-0.25, -0.2) is 4.39 Å². The summed E-state index contributed by atoms with van der Waals surface area (Å²) >= 11 is 0. The van der Waals surface area contributed by atoms with Crippen LogP contribution in [0.1, 0.15) is 5.56 Å². The van der Waals surface area contributed by atoms with Crippen molar-refractivity contribution in [3.8, 4) is 11.2 Å². The van der Waals surface area contributed by atoms with E-state index >= 15 is 0 Å². The van der Waals surface area contributed by atoms with Crippen LogP contribution < -0.4 is 0 Å². The van der Waals surface area contributed by atoms with Crippen LogP contribution in [-0.4, -0.2) is 8.42 Å². The summed E-state index contributed by atoms with van der Waals surface area (Å²) in [6.45, 7) is 0. The molecule has 0 N–H and O–H groups in total. The molecule has 0 atom stereocenters. The van der Waals surface area contributed by atoms with Crippen LogP contribution in [0.4, 0.5) is 4.39 Å². The van der Waals surface area contributed by atoms with E-state index in [0.29, 0.717) is 5.56 Å². The lowest BCUT2D eigenvalue weighted by Crippen LogP contribution is -1.88. The summed E-state index contributed by atoms with van der Waals surface area (Å²) in [6.07, 6.45) is 0.0264. The van der Waals surface area contributed by atoms with Crippen molar-refractivity contribution in [2.75, 3.05) is 0 Å². The normalized spacial score (nSPS) is 10.4. The topological polar surface area (TPSA) is 34.1 Å². The van der Waals surface area contributed by atoms with Gasteiger partial charge in [0, 0.05) is 22.4 Å². The first kappa shape index (κ1) is 11.0. The Kier molecular flexibility index (Phi) is 3.50. The van der Waals surface area contributed by atoms with Gasteiger partial charge in [0.25, 0.3) is 0 Å². The Balaban J connectivity index is 2.80. The van der Waals surface area contributed by atoms with Gasteiger partial charge in [-0.05, 0) is 11.6 Å². The van der Waals surface area contributed by atoms with Crippen molar-refractivity contribution in [1.29, 1.82) is 0 Å². The van der Waals surface area contributed by atoms with Gasteiger partial charge in [0.15, 0.2) is 0 Å². The van der Waals surface area contributed by atoms with E-state index in [9.17, 15) is 12.8 Å². The van der Waals surface area contributed by atoms with E-state index in [2.05, 4.69) is 5.92 Å². The third-order valence-corrected chi connectivity index (χ3v) is 2.05. The molecule has 0 saturated carbocycles. The molecule has 0 bridgehead atoms. The molecular weight excluding hydrogens is 227 g/mol. The first-order chi connectivity index (χ1) is 6.49. The maximum Gasteiger partial charge on any atom is 0.300 e. The van der Waals surface area contributed by atoms with Crippen LogP contribution in [0, 0.1) is 17.0 Å². The fourth-order valence-electron chi connectivity index (χ4n) is 0.859. The van der Waals surface area contributed by atoms with E-state index in [4.69, 9.17) is 10.7 Å². The van der Waals surface area contributed by atoms with Crippen molar-refractivity contribution in [3.63, 3.8) is 0 Å². The Morgan fingerprint density at radius 3 is 2.57 bits per heavy atom. The largest absolute Gasteiger partial charge is 0.300 e. The third-order valence-electron chi connectivity index (χ3n) is 1.43. The minimum Gasteiger partial charge on any atom is -0.207 e. The quantitative estimate of drug-likeness (QED) is 0.548. The highest BCUT2D eigenvalue weighted by atomic mass is 35.7. The summed E-state index contributed by atoms with van der Waals surface area (Å²) in [4.78, 5) is 0. The first-order valence-electron chi connectivity index (χ1n) is 3.67. The van der Waals surface area contributed by atoms with Crippen molar-refractivity contribution < 1.29 is 12.8 Å². The van der Waals surface area contributed by atoms with Crippen LogP contribution in [0.15, 0.2) is 24.3 Å². The van der Waals surface area contributed by atoms with Gasteiger partial charge < -0.3 is 0 Å². The van der Waals surface area contributed by atoms with Gasteiger partial charge >= 0.3 is 9.05 Å². The molecule has 1 aromatic rings. The molecule has 5 heteroatoms. The zero-order valence-corrected chi connectivity index (χ0v) is 8.57. The molecule has 0 saturated heterocycles. The van der Waals surface area contributed by atoms with Crippen molar-refractivity contribution in [3.05, 3.63) is 35.6 Å². The van der Waals surface area contributed by atoms with E-state index in [-0.39, 0.29) is 6.42 Å². The van der Waals surface area contributed by atoms with Gasteiger partial charge in [0.05, 0.1) is 0 Å². The number of halogens is 2. The summed E-state index contributed by atoms with van der Waals surface area (Å²) in [5, 5.41) is 1.82. The van der Waals surface area contributed by atoms with E-state index in [1.807, 2.05) is 5.25 Å². The Labute approximate surface area is 86.1 Å². The van der Waals surface area contributed by atoms with Gasteiger partial charge in [-0.3, -0.25) is 0 Å². The zero-order valence-electron chi connectivity index (χ0n) is 7.00. The molecule has 0 aliphatic rings. The van der Waals surface area contributed by atoms with Crippen molar-refractivity contribution in [2.45, 2.75) is 6.42 Å².